The molecule has 3 rings (SSSR count). The first-order valence-corrected chi connectivity index (χ1v) is 7.34. The molecule has 7 nitrogen and oxygen atoms in total. The van der Waals surface area contributed by atoms with Gasteiger partial charge in [-0.2, -0.15) is 9.97 Å². The van der Waals surface area contributed by atoms with Crippen LogP contribution in [0, 0.1) is 0 Å². The van der Waals surface area contributed by atoms with E-state index >= 15 is 0 Å². The van der Waals surface area contributed by atoms with Crippen molar-refractivity contribution in [3.63, 3.8) is 0 Å². The van der Waals surface area contributed by atoms with E-state index in [0.29, 0.717) is 23.8 Å². The zero-order valence-corrected chi connectivity index (χ0v) is 12.9. The number of methoxy groups -OCH3 is 2. The number of likely N-dealkylation sites (N-methyl/N-ethyl adjacent to an activating group) is 1. The van der Waals surface area contributed by atoms with Crippen LogP contribution in [-0.4, -0.2) is 86.3 Å². The maximum atomic E-state index is 5.24. The summed E-state index contributed by atoms with van der Waals surface area (Å²) < 4.78 is 10.5. The van der Waals surface area contributed by atoms with Gasteiger partial charge in [-0.05, 0) is 7.05 Å². The number of fused-ring (bicyclic) bond motifs is 1. The second-order valence-corrected chi connectivity index (χ2v) is 5.65. The Kier molecular flexibility index (Phi) is 4.12. The molecular formula is C14H23N5O2. The zero-order valence-electron chi connectivity index (χ0n) is 12.9. The van der Waals surface area contributed by atoms with E-state index in [0.717, 1.165) is 39.3 Å². The van der Waals surface area contributed by atoms with Crippen molar-refractivity contribution in [3.8, 4) is 11.8 Å². The Hall–Kier alpha value is -1.60. The lowest BCUT2D eigenvalue weighted by molar-refractivity contribution is 0.0801. The Balaban J connectivity index is 1.78. The molecule has 0 amide bonds. The molecule has 0 unspecified atom stereocenters. The first kappa shape index (κ1) is 14.3. The fourth-order valence-corrected chi connectivity index (χ4v) is 3.04. The summed E-state index contributed by atoms with van der Waals surface area (Å²) in [6.45, 7) is 6.34. The summed E-state index contributed by atoms with van der Waals surface area (Å²) in [4.78, 5) is 16.1. The van der Waals surface area contributed by atoms with Crippen LogP contribution in [0.4, 0.5) is 5.95 Å². The molecule has 1 aromatic heterocycles. The summed E-state index contributed by atoms with van der Waals surface area (Å²) in [7, 11) is 5.40. The largest absolute Gasteiger partial charge is 0.481 e. The fourth-order valence-electron chi connectivity index (χ4n) is 3.04. The van der Waals surface area contributed by atoms with Crippen molar-refractivity contribution in [2.45, 2.75) is 6.04 Å². The zero-order chi connectivity index (χ0) is 14.8. The summed E-state index contributed by atoms with van der Waals surface area (Å²) >= 11 is 0. The lowest BCUT2D eigenvalue weighted by atomic mass is 10.1. The molecule has 2 fully saturated rings. The average molecular weight is 293 g/mol. The molecule has 0 aliphatic carbocycles. The maximum Gasteiger partial charge on any atom is 0.232 e. The Morgan fingerprint density at radius 1 is 1.00 bits per heavy atom. The first-order valence-electron chi connectivity index (χ1n) is 7.34. The summed E-state index contributed by atoms with van der Waals surface area (Å²) in [5.41, 5.74) is 0. The van der Waals surface area contributed by atoms with Crippen LogP contribution in [0.15, 0.2) is 6.07 Å². The molecule has 0 aromatic carbocycles. The third-order valence-corrected chi connectivity index (χ3v) is 4.26. The number of nitrogens with zero attached hydrogens (tertiary/aromatic N) is 5. The van der Waals surface area contributed by atoms with Gasteiger partial charge in [-0.3, -0.25) is 4.90 Å². The summed E-state index contributed by atoms with van der Waals surface area (Å²) in [5, 5.41) is 0. The number of rotatable bonds is 3. The van der Waals surface area contributed by atoms with Crippen molar-refractivity contribution in [1.29, 1.82) is 0 Å². The molecule has 2 aliphatic rings. The van der Waals surface area contributed by atoms with Crippen LogP contribution in [0.5, 0.6) is 11.8 Å². The molecule has 3 heterocycles. The Bertz CT molecular complexity index is 476. The second kappa shape index (κ2) is 6.03. The van der Waals surface area contributed by atoms with Crippen molar-refractivity contribution in [3.05, 3.63) is 6.07 Å². The van der Waals surface area contributed by atoms with Crippen LogP contribution in [-0.2, 0) is 0 Å². The first-order chi connectivity index (χ1) is 10.2. The summed E-state index contributed by atoms with van der Waals surface area (Å²) in [6.07, 6.45) is 0. The number of aromatic nitrogens is 2. The van der Waals surface area contributed by atoms with Crippen molar-refractivity contribution >= 4 is 5.95 Å². The van der Waals surface area contributed by atoms with Gasteiger partial charge < -0.3 is 19.3 Å². The molecule has 0 spiro atoms. The average Bonchev–Trinajstić information content (AvgIpc) is 2.53. The SMILES string of the molecule is COc1cc(OC)nc(N2CCN3CCN(C)C[C@H]3C2)n1. The van der Waals surface area contributed by atoms with Gasteiger partial charge in [0, 0.05) is 45.3 Å². The van der Waals surface area contributed by atoms with Gasteiger partial charge in [0.2, 0.25) is 17.7 Å². The van der Waals surface area contributed by atoms with Crippen molar-refractivity contribution in [2.75, 3.05) is 65.4 Å². The quantitative estimate of drug-likeness (QED) is 0.773. The van der Waals surface area contributed by atoms with E-state index in [9.17, 15) is 0 Å². The number of piperazine rings is 2. The van der Waals surface area contributed by atoms with Gasteiger partial charge in [0.05, 0.1) is 20.3 Å². The van der Waals surface area contributed by atoms with E-state index in [4.69, 9.17) is 9.47 Å². The Labute approximate surface area is 125 Å². The lowest BCUT2D eigenvalue weighted by Crippen LogP contribution is -2.61. The molecule has 1 aromatic rings. The number of hydrogen-bond acceptors (Lipinski definition) is 7. The third kappa shape index (κ3) is 3.03. The minimum Gasteiger partial charge on any atom is -0.481 e. The number of hydrogen-bond donors (Lipinski definition) is 0. The minimum atomic E-state index is 0.540. The van der Waals surface area contributed by atoms with Gasteiger partial charge in [-0.15, -0.1) is 0 Å². The van der Waals surface area contributed by atoms with Crippen LogP contribution >= 0.6 is 0 Å². The highest BCUT2D eigenvalue weighted by molar-refractivity contribution is 5.37. The molecule has 0 radical (unpaired) electrons. The predicted molar refractivity (Wildman–Crippen MR) is 80.2 cm³/mol. The monoisotopic (exact) mass is 293 g/mol. The molecule has 0 bridgehead atoms. The Morgan fingerprint density at radius 3 is 2.33 bits per heavy atom. The van der Waals surface area contributed by atoms with Gasteiger partial charge in [-0.1, -0.05) is 0 Å². The van der Waals surface area contributed by atoms with Crippen molar-refractivity contribution in [2.24, 2.45) is 0 Å². The van der Waals surface area contributed by atoms with Gasteiger partial charge >= 0.3 is 0 Å². The molecule has 2 saturated heterocycles. The maximum absolute atomic E-state index is 5.24. The van der Waals surface area contributed by atoms with Crippen LogP contribution in [0.3, 0.4) is 0 Å². The smallest absolute Gasteiger partial charge is 0.232 e. The molecule has 1 atom stereocenters. The van der Waals surface area contributed by atoms with Crippen molar-refractivity contribution in [1.82, 2.24) is 19.8 Å². The van der Waals surface area contributed by atoms with Crippen LogP contribution in [0.1, 0.15) is 0 Å². The van der Waals surface area contributed by atoms with E-state index in [1.165, 1.54) is 0 Å². The van der Waals surface area contributed by atoms with Gasteiger partial charge in [0.1, 0.15) is 0 Å². The van der Waals surface area contributed by atoms with E-state index in [-0.39, 0.29) is 0 Å². The fraction of sp³-hybridized carbons (Fsp3) is 0.714. The van der Waals surface area contributed by atoms with Crippen LogP contribution in [0.2, 0.25) is 0 Å². The molecule has 7 heteroatoms. The highest BCUT2D eigenvalue weighted by Crippen LogP contribution is 2.23. The number of anilines is 1. The normalized spacial score (nSPS) is 23.8. The van der Waals surface area contributed by atoms with Gasteiger partial charge in [-0.25, -0.2) is 0 Å². The van der Waals surface area contributed by atoms with Gasteiger partial charge in [0.25, 0.3) is 0 Å². The molecule has 21 heavy (non-hydrogen) atoms. The van der Waals surface area contributed by atoms with E-state index in [1.807, 2.05) is 0 Å². The van der Waals surface area contributed by atoms with E-state index in [1.54, 1.807) is 20.3 Å². The minimum absolute atomic E-state index is 0.540. The Morgan fingerprint density at radius 2 is 1.67 bits per heavy atom. The van der Waals surface area contributed by atoms with Crippen molar-refractivity contribution < 1.29 is 9.47 Å². The molecule has 0 N–H and O–H groups in total. The lowest BCUT2D eigenvalue weighted by Gasteiger charge is -2.46. The second-order valence-electron chi connectivity index (χ2n) is 5.65. The predicted octanol–water partition coefficient (Wildman–Crippen LogP) is -0.0702. The van der Waals surface area contributed by atoms with Gasteiger partial charge in [0.15, 0.2) is 0 Å². The van der Waals surface area contributed by atoms with E-state index < -0.39 is 0 Å². The summed E-state index contributed by atoms with van der Waals surface area (Å²) in [6, 6.07) is 2.24. The topological polar surface area (TPSA) is 54.0 Å². The van der Waals surface area contributed by atoms with Crippen LogP contribution in [0.25, 0.3) is 0 Å². The molecule has 2 aliphatic heterocycles. The molecule has 116 valence electrons. The third-order valence-electron chi connectivity index (χ3n) is 4.26. The number of ether oxygens (including phenoxy) is 2. The van der Waals surface area contributed by atoms with E-state index in [2.05, 4.69) is 31.7 Å². The highest BCUT2D eigenvalue weighted by Gasteiger charge is 2.32. The summed E-state index contributed by atoms with van der Waals surface area (Å²) in [5.74, 6) is 1.78. The van der Waals surface area contributed by atoms with Crippen LogP contribution < -0.4 is 14.4 Å². The molecular weight excluding hydrogens is 270 g/mol. The standard InChI is InChI=1S/C14H23N5O2/c1-17-4-5-18-6-7-19(10-11(18)9-17)14-15-12(20-2)8-13(16-14)21-3/h8,11H,4-7,9-10H2,1-3H3/t11-/m0/s1. The molecule has 0 saturated carbocycles. The highest BCUT2D eigenvalue weighted by atomic mass is 16.5.